The summed E-state index contributed by atoms with van der Waals surface area (Å²) >= 11 is 0. The third-order valence-corrected chi connectivity index (χ3v) is 2.31. The van der Waals surface area contributed by atoms with Crippen molar-refractivity contribution >= 4 is 5.91 Å². The van der Waals surface area contributed by atoms with E-state index in [1.165, 1.54) is 6.20 Å². The summed E-state index contributed by atoms with van der Waals surface area (Å²) in [5.74, 6) is 0.802. The third kappa shape index (κ3) is 1.55. The van der Waals surface area contributed by atoms with E-state index >= 15 is 0 Å². The van der Waals surface area contributed by atoms with Crippen LogP contribution in [0.2, 0.25) is 0 Å². The Hall–Kier alpha value is -1.36. The van der Waals surface area contributed by atoms with Crippen molar-refractivity contribution in [3.05, 3.63) is 17.7 Å². The molecule has 5 nitrogen and oxygen atoms in total. The summed E-state index contributed by atoms with van der Waals surface area (Å²) < 4.78 is 0. The smallest absolute Gasteiger partial charge is 0.266 e. The molecule has 13 heavy (non-hydrogen) atoms. The lowest BCUT2D eigenvalue weighted by Crippen LogP contribution is -2.12. The van der Waals surface area contributed by atoms with Crippen molar-refractivity contribution in [2.45, 2.75) is 12.3 Å². The molecule has 0 bridgehead atoms. The van der Waals surface area contributed by atoms with Crippen LogP contribution in [0.5, 0.6) is 0 Å². The minimum atomic E-state index is -0.454. The average molecular weight is 180 g/mol. The number of aromatic amines is 1. The number of nitrogens with zero attached hydrogens (tertiary/aromatic N) is 1. The van der Waals surface area contributed by atoms with E-state index in [2.05, 4.69) is 15.3 Å². The van der Waals surface area contributed by atoms with Crippen LogP contribution in [0.1, 0.15) is 28.7 Å². The molecule has 1 aliphatic heterocycles. The molecule has 0 aliphatic carbocycles. The number of nitrogens with one attached hydrogen (secondary N) is 2. The number of H-pyrrole nitrogens is 1. The molecule has 70 valence electrons. The van der Waals surface area contributed by atoms with Gasteiger partial charge in [0.25, 0.3) is 5.91 Å². The fraction of sp³-hybridized carbons (Fsp3) is 0.500. The first-order chi connectivity index (χ1) is 6.27. The van der Waals surface area contributed by atoms with Crippen molar-refractivity contribution in [1.82, 2.24) is 15.3 Å². The lowest BCUT2D eigenvalue weighted by Gasteiger charge is -2.02. The van der Waals surface area contributed by atoms with Gasteiger partial charge in [-0.2, -0.15) is 0 Å². The van der Waals surface area contributed by atoms with Gasteiger partial charge in [-0.1, -0.05) is 0 Å². The first kappa shape index (κ1) is 8.25. The molecule has 2 rings (SSSR count). The molecule has 0 spiro atoms. The highest BCUT2D eigenvalue weighted by Crippen LogP contribution is 2.18. The molecule has 1 saturated heterocycles. The van der Waals surface area contributed by atoms with Crippen LogP contribution >= 0.6 is 0 Å². The van der Waals surface area contributed by atoms with Crippen LogP contribution in [-0.2, 0) is 0 Å². The van der Waals surface area contributed by atoms with Crippen LogP contribution in [0.25, 0.3) is 0 Å². The molecule has 1 unspecified atom stereocenters. The molecule has 1 aromatic rings. The lowest BCUT2D eigenvalue weighted by molar-refractivity contribution is 0.0996. The SMILES string of the molecule is NC(=O)c1cnc(C2CCNC2)[nH]1. The standard InChI is InChI=1S/C8H12N4O/c9-7(13)6-4-11-8(12-6)5-1-2-10-3-5/h4-5,10H,1-3H2,(H2,9,13)(H,11,12). The Morgan fingerprint density at radius 2 is 2.54 bits per heavy atom. The second-order valence-corrected chi connectivity index (χ2v) is 3.24. The van der Waals surface area contributed by atoms with Gasteiger partial charge in [-0.25, -0.2) is 4.98 Å². The molecule has 1 aliphatic rings. The number of aromatic nitrogens is 2. The number of hydrogen-bond acceptors (Lipinski definition) is 3. The van der Waals surface area contributed by atoms with Crippen LogP contribution in [0, 0.1) is 0 Å². The Bertz CT molecular complexity index is 314. The maximum absolute atomic E-state index is 10.8. The number of amides is 1. The highest BCUT2D eigenvalue weighted by molar-refractivity contribution is 5.90. The molecule has 0 aromatic carbocycles. The van der Waals surface area contributed by atoms with Crippen molar-refractivity contribution in [2.75, 3.05) is 13.1 Å². The summed E-state index contributed by atoms with van der Waals surface area (Å²) in [6, 6.07) is 0. The lowest BCUT2D eigenvalue weighted by atomic mass is 10.1. The second-order valence-electron chi connectivity index (χ2n) is 3.24. The Morgan fingerprint density at radius 3 is 3.08 bits per heavy atom. The van der Waals surface area contributed by atoms with Crippen LogP contribution in [-0.4, -0.2) is 29.0 Å². The zero-order valence-electron chi connectivity index (χ0n) is 7.21. The van der Waals surface area contributed by atoms with Crippen LogP contribution in [0.4, 0.5) is 0 Å². The third-order valence-electron chi connectivity index (χ3n) is 2.31. The van der Waals surface area contributed by atoms with Gasteiger partial charge >= 0.3 is 0 Å². The number of carbonyl (C=O) groups is 1. The van der Waals surface area contributed by atoms with E-state index in [9.17, 15) is 4.79 Å². The van der Waals surface area contributed by atoms with Gasteiger partial charge in [-0.05, 0) is 13.0 Å². The minimum absolute atomic E-state index is 0.391. The van der Waals surface area contributed by atoms with Gasteiger partial charge in [0, 0.05) is 12.5 Å². The van der Waals surface area contributed by atoms with Crippen LogP contribution in [0.15, 0.2) is 6.20 Å². The number of nitrogens with two attached hydrogens (primary N) is 1. The fourth-order valence-electron chi connectivity index (χ4n) is 1.56. The molecule has 4 N–H and O–H groups in total. The van der Waals surface area contributed by atoms with Crippen molar-refractivity contribution in [3.8, 4) is 0 Å². The van der Waals surface area contributed by atoms with Crippen molar-refractivity contribution in [2.24, 2.45) is 5.73 Å². The summed E-state index contributed by atoms with van der Waals surface area (Å²) in [7, 11) is 0. The Labute approximate surface area is 75.7 Å². The summed E-state index contributed by atoms with van der Waals surface area (Å²) in [5, 5.41) is 3.23. The minimum Gasteiger partial charge on any atom is -0.364 e. The highest BCUT2D eigenvalue weighted by Gasteiger charge is 2.19. The number of rotatable bonds is 2. The second kappa shape index (κ2) is 3.18. The first-order valence-corrected chi connectivity index (χ1v) is 4.33. The highest BCUT2D eigenvalue weighted by atomic mass is 16.1. The molecule has 1 atom stereocenters. The van der Waals surface area contributed by atoms with Crippen LogP contribution < -0.4 is 11.1 Å². The first-order valence-electron chi connectivity index (χ1n) is 4.33. The van der Waals surface area contributed by atoms with E-state index in [0.717, 1.165) is 25.3 Å². The molecule has 0 radical (unpaired) electrons. The molecule has 0 saturated carbocycles. The largest absolute Gasteiger partial charge is 0.364 e. The number of primary amides is 1. The van der Waals surface area contributed by atoms with Crippen molar-refractivity contribution in [1.29, 1.82) is 0 Å². The molecule has 2 heterocycles. The van der Waals surface area contributed by atoms with Gasteiger partial charge in [0.2, 0.25) is 0 Å². The summed E-state index contributed by atoms with van der Waals surface area (Å²) in [5.41, 5.74) is 5.49. The quantitative estimate of drug-likeness (QED) is 0.578. The van der Waals surface area contributed by atoms with E-state index in [0.29, 0.717) is 11.6 Å². The molecular weight excluding hydrogens is 168 g/mol. The molecule has 1 amide bonds. The topological polar surface area (TPSA) is 83.8 Å². The van der Waals surface area contributed by atoms with E-state index in [4.69, 9.17) is 5.73 Å². The monoisotopic (exact) mass is 180 g/mol. The zero-order chi connectivity index (χ0) is 9.26. The zero-order valence-corrected chi connectivity index (χ0v) is 7.21. The number of hydrogen-bond donors (Lipinski definition) is 3. The molecule has 5 heteroatoms. The van der Waals surface area contributed by atoms with Gasteiger partial charge in [0.1, 0.15) is 11.5 Å². The van der Waals surface area contributed by atoms with E-state index in [-0.39, 0.29) is 0 Å². The predicted molar refractivity (Wildman–Crippen MR) is 47.3 cm³/mol. The predicted octanol–water partition coefficient (Wildman–Crippen LogP) is -0.414. The summed E-state index contributed by atoms with van der Waals surface area (Å²) in [6.07, 6.45) is 2.56. The average Bonchev–Trinajstić information content (AvgIpc) is 2.75. The van der Waals surface area contributed by atoms with Gasteiger partial charge in [-0.3, -0.25) is 4.79 Å². The fourth-order valence-corrected chi connectivity index (χ4v) is 1.56. The van der Waals surface area contributed by atoms with E-state index in [1.54, 1.807) is 0 Å². The number of imidazole rings is 1. The maximum atomic E-state index is 10.8. The van der Waals surface area contributed by atoms with Gasteiger partial charge in [-0.15, -0.1) is 0 Å². The Morgan fingerprint density at radius 1 is 1.69 bits per heavy atom. The van der Waals surface area contributed by atoms with E-state index < -0.39 is 5.91 Å². The van der Waals surface area contributed by atoms with Gasteiger partial charge < -0.3 is 16.0 Å². The summed E-state index contributed by atoms with van der Waals surface area (Å²) in [6.45, 7) is 1.93. The molecule has 1 aromatic heterocycles. The van der Waals surface area contributed by atoms with Crippen molar-refractivity contribution < 1.29 is 4.79 Å². The normalized spacial score (nSPS) is 22.0. The number of carbonyl (C=O) groups excluding carboxylic acids is 1. The van der Waals surface area contributed by atoms with Gasteiger partial charge in [0.15, 0.2) is 0 Å². The molecular formula is C8H12N4O. The summed E-state index contributed by atoms with van der Waals surface area (Å²) in [4.78, 5) is 17.8. The van der Waals surface area contributed by atoms with Gasteiger partial charge in [0.05, 0.1) is 6.20 Å². The Balaban J connectivity index is 2.16. The Kier molecular flexibility index (Phi) is 2.02. The van der Waals surface area contributed by atoms with E-state index in [1.807, 2.05) is 0 Å². The molecule has 1 fully saturated rings. The maximum Gasteiger partial charge on any atom is 0.266 e. The van der Waals surface area contributed by atoms with Crippen LogP contribution in [0.3, 0.4) is 0 Å². The van der Waals surface area contributed by atoms with Crippen molar-refractivity contribution in [3.63, 3.8) is 0 Å².